The Morgan fingerprint density at radius 2 is 1.53 bits per heavy atom. The molecule has 0 amide bonds. The maximum atomic E-state index is 13.4. The average Bonchev–Trinajstić information content (AvgIpc) is 3.02. The molecule has 0 saturated carbocycles. The van der Waals surface area contributed by atoms with E-state index in [1.165, 1.54) is 6.07 Å². The summed E-state index contributed by atoms with van der Waals surface area (Å²) < 4.78 is 80.7. The van der Waals surface area contributed by atoms with Gasteiger partial charge >= 0.3 is 12.4 Å². The number of fused-ring (bicyclic) bond motifs is 1. The highest BCUT2D eigenvalue weighted by Crippen LogP contribution is 2.53. The molecule has 2 aromatic carbocycles. The van der Waals surface area contributed by atoms with Gasteiger partial charge in [-0.05, 0) is 36.1 Å². The first kappa shape index (κ1) is 24.4. The van der Waals surface area contributed by atoms with Gasteiger partial charge in [0, 0.05) is 29.8 Å². The predicted octanol–water partition coefficient (Wildman–Crippen LogP) is 7.07. The number of rotatable bonds is 7. The van der Waals surface area contributed by atoms with Crippen LogP contribution in [-0.2, 0) is 12.1 Å². The van der Waals surface area contributed by atoms with Gasteiger partial charge in [0.25, 0.3) is 5.60 Å². The predicted molar refractivity (Wildman–Crippen MR) is 111 cm³/mol. The summed E-state index contributed by atoms with van der Waals surface area (Å²) in [6, 6.07) is 12.5. The third kappa shape index (κ3) is 4.21. The Morgan fingerprint density at radius 1 is 0.906 bits per heavy atom. The van der Waals surface area contributed by atoms with Crippen LogP contribution in [0.3, 0.4) is 0 Å². The lowest BCUT2D eigenvalue weighted by atomic mass is 9.85. The zero-order valence-electron chi connectivity index (χ0n) is 18.0. The van der Waals surface area contributed by atoms with Crippen molar-refractivity contribution < 1.29 is 31.4 Å². The van der Waals surface area contributed by atoms with Crippen LogP contribution >= 0.6 is 0 Å². The number of anilines is 1. The molecule has 0 saturated heterocycles. The van der Waals surface area contributed by atoms with E-state index in [2.05, 4.69) is 4.90 Å². The summed E-state index contributed by atoms with van der Waals surface area (Å²) in [7, 11) is 0. The average molecular weight is 459 g/mol. The lowest BCUT2D eigenvalue weighted by Crippen LogP contribution is -2.53. The van der Waals surface area contributed by atoms with Crippen molar-refractivity contribution in [1.82, 2.24) is 0 Å². The highest BCUT2D eigenvalue weighted by atomic mass is 19.4. The molecule has 32 heavy (non-hydrogen) atoms. The van der Waals surface area contributed by atoms with Crippen molar-refractivity contribution in [3.8, 4) is 0 Å². The van der Waals surface area contributed by atoms with Gasteiger partial charge in [0.05, 0.1) is 0 Å². The van der Waals surface area contributed by atoms with E-state index in [4.69, 9.17) is 0 Å². The van der Waals surface area contributed by atoms with Crippen LogP contribution in [0.4, 0.5) is 32.0 Å². The van der Waals surface area contributed by atoms with Crippen molar-refractivity contribution in [2.75, 3.05) is 4.90 Å². The third-order valence-electron chi connectivity index (χ3n) is 6.33. The maximum absolute atomic E-state index is 13.4. The number of hydrogen-bond donors (Lipinski definition) is 1. The first-order valence-electron chi connectivity index (χ1n) is 10.8. The van der Waals surface area contributed by atoms with E-state index in [1.807, 2.05) is 44.2 Å². The van der Waals surface area contributed by atoms with Crippen LogP contribution in [0, 0.1) is 0 Å². The normalized spacial score (nSPS) is 19.3. The second-order valence-electron chi connectivity index (χ2n) is 8.32. The fourth-order valence-electron chi connectivity index (χ4n) is 4.67. The lowest BCUT2D eigenvalue weighted by Gasteiger charge is -2.33. The van der Waals surface area contributed by atoms with E-state index >= 15 is 0 Å². The van der Waals surface area contributed by atoms with Crippen molar-refractivity contribution >= 4 is 5.69 Å². The molecule has 0 fully saturated rings. The van der Waals surface area contributed by atoms with Crippen LogP contribution in [-0.4, -0.2) is 23.5 Å². The minimum absolute atomic E-state index is 0.0460. The van der Waals surface area contributed by atoms with Crippen LogP contribution in [0.1, 0.15) is 62.1 Å². The number of alkyl halides is 6. The molecule has 1 N–H and O–H groups in total. The number of aliphatic hydroxyl groups is 1. The molecule has 0 spiro atoms. The molecule has 8 heteroatoms. The largest absolute Gasteiger partial charge is 0.430 e. The zero-order valence-corrected chi connectivity index (χ0v) is 18.0. The van der Waals surface area contributed by atoms with Crippen molar-refractivity contribution in [2.45, 2.75) is 76.0 Å². The van der Waals surface area contributed by atoms with Crippen LogP contribution in [0.25, 0.3) is 0 Å². The van der Waals surface area contributed by atoms with Gasteiger partial charge in [0.1, 0.15) is 0 Å². The van der Waals surface area contributed by atoms with Gasteiger partial charge < -0.3 is 10.0 Å². The summed E-state index contributed by atoms with van der Waals surface area (Å²) in [6.07, 6.45) is -8.64. The molecule has 0 radical (unpaired) electrons. The quantitative estimate of drug-likeness (QED) is 0.448. The topological polar surface area (TPSA) is 23.5 Å². The molecule has 2 aromatic rings. The molecule has 0 aromatic heterocycles. The number of benzene rings is 2. The summed E-state index contributed by atoms with van der Waals surface area (Å²) in [6.45, 7) is 4.42. The van der Waals surface area contributed by atoms with Crippen LogP contribution < -0.4 is 4.90 Å². The molecule has 1 heterocycles. The van der Waals surface area contributed by atoms with Crippen molar-refractivity contribution in [3.63, 3.8) is 0 Å². The summed E-state index contributed by atoms with van der Waals surface area (Å²) in [4.78, 5) is 2.08. The number of hydrogen-bond acceptors (Lipinski definition) is 2. The fourth-order valence-corrected chi connectivity index (χ4v) is 4.67. The summed E-state index contributed by atoms with van der Waals surface area (Å²) in [5.74, 6) is -0.231. The van der Waals surface area contributed by atoms with Gasteiger partial charge in [-0.3, -0.25) is 0 Å². The Kier molecular flexibility index (Phi) is 6.84. The van der Waals surface area contributed by atoms with Crippen molar-refractivity contribution in [2.24, 2.45) is 0 Å². The van der Waals surface area contributed by atoms with Gasteiger partial charge in [-0.15, -0.1) is 0 Å². The van der Waals surface area contributed by atoms with E-state index < -0.39 is 23.5 Å². The second-order valence-corrected chi connectivity index (χ2v) is 8.32. The summed E-state index contributed by atoms with van der Waals surface area (Å²) in [5, 5.41) is 9.89. The second kappa shape index (κ2) is 8.96. The Hall–Kier alpha value is -2.22. The molecule has 2 unspecified atom stereocenters. The first-order valence-corrected chi connectivity index (χ1v) is 10.8. The van der Waals surface area contributed by atoms with Gasteiger partial charge in [-0.25, -0.2) is 0 Å². The Labute approximate surface area is 183 Å². The van der Waals surface area contributed by atoms with Gasteiger partial charge in [-0.2, -0.15) is 26.3 Å². The van der Waals surface area contributed by atoms with Crippen LogP contribution in [0.2, 0.25) is 0 Å². The first-order chi connectivity index (χ1) is 15.0. The van der Waals surface area contributed by atoms with Crippen LogP contribution in [0.15, 0.2) is 48.5 Å². The third-order valence-corrected chi connectivity index (χ3v) is 6.33. The molecule has 1 aliphatic rings. The van der Waals surface area contributed by atoms with Gasteiger partial charge in [0.15, 0.2) is 0 Å². The van der Waals surface area contributed by atoms with E-state index in [1.54, 1.807) is 0 Å². The molecule has 0 bridgehead atoms. The summed E-state index contributed by atoms with van der Waals surface area (Å²) >= 11 is 0. The highest BCUT2D eigenvalue weighted by Gasteiger charge is 2.71. The highest BCUT2D eigenvalue weighted by molar-refractivity contribution is 5.64. The van der Waals surface area contributed by atoms with Crippen molar-refractivity contribution in [1.29, 1.82) is 0 Å². The monoisotopic (exact) mass is 459 g/mol. The van der Waals surface area contributed by atoms with E-state index in [0.29, 0.717) is 24.2 Å². The Balaban J connectivity index is 2.12. The number of halogens is 6. The smallest absolute Gasteiger partial charge is 0.369 e. The van der Waals surface area contributed by atoms with Crippen LogP contribution in [0.5, 0.6) is 0 Å². The molecule has 176 valence electrons. The minimum atomic E-state index is -5.90. The van der Waals surface area contributed by atoms with E-state index in [9.17, 15) is 31.4 Å². The molecule has 2 atom stereocenters. The molecule has 1 aliphatic heterocycles. The molecular weight excluding hydrogens is 432 g/mol. The Bertz CT molecular complexity index is 895. The van der Waals surface area contributed by atoms with Gasteiger partial charge in [-0.1, -0.05) is 63.1 Å². The van der Waals surface area contributed by atoms with E-state index in [0.717, 1.165) is 37.0 Å². The minimum Gasteiger partial charge on any atom is -0.369 e. The molecule has 3 rings (SSSR count). The van der Waals surface area contributed by atoms with Gasteiger partial charge in [0.2, 0.25) is 0 Å². The maximum Gasteiger partial charge on any atom is 0.430 e. The number of nitrogens with zero attached hydrogens (tertiary/aromatic N) is 1. The molecule has 0 aliphatic carbocycles. The molecule has 2 nitrogen and oxygen atoms in total. The lowest BCUT2D eigenvalue weighted by molar-refractivity contribution is -0.376. The zero-order chi connectivity index (χ0) is 23.7. The standard InChI is InChI=1S/C24H27F6NO/c1-3-5-11-20-18(4-2)19-14-17(22(32,23(25,26)27)24(28,29)30)12-13-21(19)31(20)15-16-9-7-6-8-10-16/h6-10,12-14,18,20,32H,3-5,11,15H2,1-2H3. The number of unbranched alkanes of at least 4 members (excludes halogenated alkanes) is 1. The van der Waals surface area contributed by atoms with Crippen molar-refractivity contribution in [3.05, 3.63) is 65.2 Å². The van der Waals surface area contributed by atoms with E-state index in [-0.39, 0.29) is 12.0 Å². The summed E-state index contributed by atoms with van der Waals surface area (Å²) in [5.41, 5.74) is -4.06. The fraction of sp³-hybridized carbons (Fsp3) is 0.500. The molecular formula is C24H27F6NO. The Morgan fingerprint density at radius 3 is 2.06 bits per heavy atom. The SMILES string of the molecule is CCCCC1C(CC)c2cc(C(O)(C(F)(F)F)C(F)(F)F)ccc2N1Cc1ccccc1.